The van der Waals surface area contributed by atoms with E-state index in [0.717, 1.165) is 19.3 Å². The third kappa shape index (κ3) is 1.35. The molecule has 5 nitrogen and oxygen atoms in total. The molecule has 0 aromatic heterocycles. The number of fused-ring (bicyclic) bond motifs is 3. The third-order valence-corrected chi connectivity index (χ3v) is 6.74. The van der Waals surface area contributed by atoms with Gasteiger partial charge in [-0.15, -0.1) is 0 Å². The highest BCUT2D eigenvalue weighted by Crippen LogP contribution is 2.66. The molecule has 1 saturated carbocycles. The van der Waals surface area contributed by atoms with Gasteiger partial charge in [0, 0.05) is 0 Å². The minimum atomic E-state index is -0.784. The summed E-state index contributed by atoms with van der Waals surface area (Å²) in [6.45, 7) is 1.94. The van der Waals surface area contributed by atoms with E-state index in [0.29, 0.717) is 12.1 Å². The van der Waals surface area contributed by atoms with Crippen LogP contribution < -0.4 is 4.90 Å². The minimum absolute atomic E-state index is 0.0273. The molecule has 0 N–H and O–H groups in total. The van der Waals surface area contributed by atoms with E-state index in [1.165, 1.54) is 4.90 Å². The molecule has 3 saturated heterocycles. The quantitative estimate of drug-likeness (QED) is 0.742. The Hall–Kier alpha value is -2.01. The first kappa shape index (κ1) is 14.3. The van der Waals surface area contributed by atoms with Crippen molar-refractivity contribution in [3.63, 3.8) is 0 Å². The van der Waals surface area contributed by atoms with Gasteiger partial charge in [-0.2, -0.15) is 0 Å². The number of carbonyl (C=O) groups excluding carboxylic acids is 3. The highest BCUT2D eigenvalue weighted by atomic mass is 16.5. The summed E-state index contributed by atoms with van der Waals surface area (Å²) in [5.41, 5.74) is -0.823. The highest BCUT2D eigenvalue weighted by Gasteiger charge is 2.80. The first-order chi connectivity index (χ1) is 11.5. The Morgan fingerprint density at radius 2 is 1.75 bits per heavy atom. The first-order valence-corrected chi connectivity index (χ1v) is 8.66. The number of ether oxygens (including phenoxy) is 1. The SMILES string of the molecule is C[C@@]12CCCC[C@]13O[C@H](C2=O)[C@H]1C(=O)N(c2ccccc2)C(=O)[C@H]13. The fourth-order valence-electron chi connectivity index (χ4n) is 5.60. The topological polar surface area (TPSA) is 63.7 Å². The van der Waals surface area contributed by atoms with Crippen molar-refractivity contribution in [3.05, 3.63) is 30.3 Å². The zero-order chi connectivity index (χ0) is 16.7. The van der Waals surface area contributed by atoms with Crippen molar-refractivity contribution in [1.82, 2.24) is 0 Å². The summed E-state index contributed by atoms with van der Waals surface area (Å²) in [5, 5.41) is 0. The second kappa shape index (κ2) is 4.33. The molecule has 3 aliphatic heterocycles. The van der Waals surface area contributed by atoms with Gasteiger partial charge in [0.15, 0.2) is 5.78 Å². The number of hydrogen-bond acceptors (Lipinski definition) is 4. The van der Waals surface area contributed by atoms with Gasteiger partial charge in [0.2, 0.25) is 11.8 Å². The fraction of sp³-hybridized carbons (Fsp3) is 0.526. The van der Waals surface area contributed by atoms with Crippen LogP contribution >= 0.6 is 0 Å². The zero-order valence-electron chi connectivity index (χ0n) is 13.5. The summed E-state index contributed by atoms with van der Waals surface area (Å²) < 4.78 is 6.15. The van der Waals surface area contributed by atoms with Crippen molar-refractivity contribution >= 4 is 23.3 Å². The molecule has 5 heteroatoms. The Morgan fingerprint density at radius 3 is 2.50 bits per heavy atom. The van der Waals surface area contributed by atoms with Gasteiger partial charge in [0.1, 0.15) is 6.10 Å². The van der Waals surface area contributed by atoms with Gasteiger partial charge >= 0.3 is 0 Å². The van der Waals surface area contributed by atoms with E-state index in [-0.39, 0.29) is 17.6 Å². The minimum Gasteiger partial charge on any atom is -0.361 e. The van der Waals surface area contributed by atoms with Crippen LogP contribution in [0.4, 0.5) is 5.69 Å². The summed E-state index contributed by atoms with van der Waals surface area (Å²) in [6.07, 6.45) is 2.60. The molecule has 5 rings (SSSR count). The van der Waals surface area contributed by atoms with E-state index >= 15 is 0 Å². The molecule has 24 heavy (non-hydrogen) atoms. The van der Waals surface area contributed by atoms with Gasteiger partial charge in [-0.25, -0.2) is 4.90 Å². The van der Waals surface area contributed by atoms with Crippen LogP contribution in [0.2, 0.25) is 0 Å². The molecular formula is C19H19NO4. The van der Waals surface area contributed by atoms with Crippen LogP contribution in [-0.2, 0) is 19.1 Å². The summed E-state index contributed by atoms with van der Waals surface area (Å²) >= 11 is 0. The second-order valence-electron chi connectivity index (χ2n) is 7.68. The average Bonchev–Trinajstić information content (AvgIpc) is 3.14. The Kier molecular flexibility index (Phi) is 2.59. The predicted octanol–water partition coefficient (Wildman–Crippen LogP) is 2.09. The molecule has 1 spiro atoms. The largest absolute Gasteiger partial charge is 0.361 e. The van der Waals surface area contributed by atoms with Gasteiger partial charge in [-0.05, 0) is 31.9 Å². The van der Waals surface area contributed by atoms with E-state index in [4.69, 9.17) is 4.74 Å². The number of benzene rings is 1. The summed E-state index contributed by atoms with van der Waals surface area (Å²) in [6, 6.07) is 8.99. The van der Waals surface area contributed by atoms with Gasteiger partial charge in [-0.3, -0.25) is 14.4 Å². The van der Waals surface area contributed by atoms with Crippen LogP contribution in [0.25, 0.3) is 0 Å². The molecular weight excluding hydrogens is 306 g/mol. The summed E-state index contributed by atoms with van der Waals surface area (Å²) in [5.74, 6) is -1.60. The fourth-order valence-corrected chi connectivity index (χ4v) is 5.60. The number of nitrogens with zero attached hydrogens (tertiary/aromatic N) is 1. The summed E-state index contributed by atoms with van der Waals surface area (Å²) in [7, 11) is 0. The van der Waals surface area contributed by atoms with E-state index < -0.39 is 29.0 Å². The van der Waals surface area contributed by atoms with Gasteiger partial charge in [0.25, 0.3) is 0 Å². The standard InChI is InChI=1S/C19H19NO4/c1-18-9-5-6-10-19(18)13-12(14(24-19)15(18)21)16(22)20(17(13)23)11-7-3-2-4-8-11/h2-4,7-8,12-14H,5-6,9-10H2,1H3/t12-,13-,14-,18-,19+/m0/s1. The molecule has 2 bridgehead atoms. The van der Waals surface area contributed by atoms with Gasteiger partial charge in [0.05, 0.1) is 28.5 Å². The second-order valence-corrected chi connectivity index (χ2v) is 7.68. The van der Waals surface area contributed by atoms with Crippen molar-refractivity contribution < 1.29 is 19.1 Å². The number of para-hydroxylation sites is 1. The van der Waals surface area contributed by atoms with Crippen LogP contribution in [-0.4, -0.2) is 29.3 Å². The Bertz CT molecular complexity index is 775. The van der Waals surface area contributed by atoms with E-state index in [2.05, 4.69) is 0 Å². The number of amides is 2. The lowest BCUT2D eigenvalue weighted by Gasteiger charge is -2.47. The van der Waals surface area contributed by atoms with Gasteiger partial charge in [-0.1, -0.05) is 31.0 Å². The smallest absolute Gasteiger partial charge is 0.240 e. The molecule has 0 radical (unpaired) electrons. The number of anilines is 1. The number of ketones is 1. The number of Topliss-reactive ketones (excluding diaryl/α,β-unsaturated/α-hetero) is 1. The number of hydrogen-bond donors (Lipinski definition) is 0. The molecule has 3 heterocycles. The van der Waals surface area contributed by atoms with Crippen LogP contribution in [0.3, 0.4) is 0 Å². The van der Waals surface area contributed by atoms with Crippen molar-refractivity contribution in [1.29, 1.82) is 0 Å². The Balaban J connectivity index is 1.65. The van der Waals surface area contributed by atoms with Crippen molar-refractivity contribution in [2.75, 3.05) is 4.90 Å². The normalized spacial score (nSPS) is 43.3. The maximum Gasteiger partial charge on any atom is 0.240 e. The van der Waals surface area contributed by atoms with Crippen LogP contribution in [0.1, 0.15) is 32.6 Å². The first-order valence-electron chi connectivity index (χ1n) is 8.66. The maximum absolute atomic E-state index is 13.2. The molecule has 4 aliphatic rings. The molecule has 124 valence electrons. The molecule has 1 aromatic rings. The van der Waals surface area contributed by atoms with Gasteiger partial charge < -0.3 is 4.74 Å². The highest BCUT2D eigenvalue weighted by molar-refractivity contribution is 6.25. The van der Waals surface area contributed by atoms with Crippen molar-refractivity contribution in [3.8, 4) is 0 Å². The van der Waals surface area contributed by atoms with Crippen LogP contribution in [0.15, 0.2) is 30.3 Å². The summed E-state index contributed by atoms with van der Waals surface area (Å²) in [4.78, 5) is 40.4. The maximum atomic E-state index is 13.2. The number of carbonyl (C=O) groups is 3. The number of imide groups is 1. The Morgan fingerprint density at radius 1 is 1.04 bits per heavy atom. The molecule has 5 atom stereocenters. The van der Waals surface area contributed by atoms with E-state index in [1.54, 1.807) is 12.1 Å². The monoisotopic (exact) mass is 325 g/mol. The molecule has 1 aliphatic carbocycles. The average molecular weight is 325 g/mol. The molecule has 1 aromatic carbocycles. The van der Waals surface area contributed by atoms with Crippen LogP contribution in [0.5, 0.6) is 0 Å². The lowest BCUT2D eigenvalue weighted by molar-refractivity contribution is -0.145. The molecule has 2 amide bonds. The van der Waals surface area contributed by atoms with Crippen molar-refractivity contribution in [2.45, 2.75) is 44.3 Å². The third-order valence-electron chi connectivity index (χ3n) is 6.74. The number of rotatable bonds is 1. The van der Waals surface area contributed by atoms with Crippen LogP contribution in [0, 0.1) is 17.3 Å². The van der Waals surface area contributed by atoms with E-state index in [1.807, 2.05) is 25.1 Å². The Labute approximate surface area is 140 Å². The molecule has 0 unspecified atom stereocenters. The predicted molar refractivity (Wildman–Crippen MR) is 85.1 cm³/mol. The molecule has 4 fully saturated rings. The lowest BCUT2D eigenvalue weighted by atomic mass is 9.53. The lowest BCUT2D eigenvalue weighted by Crippen LogP contribution is -2.58. The van der Waals surface area contributed by atoms with Crippen molar-refractivity contribution in [2.24, 2.45) is 17.3 Å². The van der Waals surface area contributed by atoms with E-state index in [9.17, 15) is 14.4 Å². The zero-order valence-corrected chi connectivity index (χ0v) is 13.5.